The van der Waals surface area contributed by atoms with Crippen LogP contribution >= 0.6 is 0 Å². The van der Waals surface area contributed by atoms with E-state index in [-0.39, 0.29) is 22.0 Å². The van der Waals surface area contributed by atoms with Crippen molar-refractivity contribution in [3.05, 3.63) is 42.0 Å². The van der Waals surface area contributed by atoms with Gasteiger partial charge in [-0.1, -0.05) is 13.8 Å². The lowest BCUT2D eigenvalue weighted by atomic mass is 10.1. The molecule has 0 radical (unpaired) electrons. The number of aromatic nitrogens is 3. The third-order valence-corrected chi connectivity index (χ3v) is 4.68. The van der Waals surface area contributed by atoms with Crippen molar-refractivity contribution in [2.24, 2.45) is 0 Å². The smallest absolute Gasteiger partial charge is 0.266 e. The quantitative estimate of drug-likeness (QED) is 0.913. The third-order valence-electron chi connectivity index (χ3n) is 3.37. The minimum atomic E-state index is -3.98. The van der Waals surface area contributed by atoms with Gasteiger partial charge >= 0.3 is 0 Å². The summed E-state index contributed by atoms with van der Waals surface area (Å²) in [4.78, 5) is 16.0. The first-order chi connectivity index (χ1) is 11.0. The van der Waals surface area contributed by atoms with Crippen LogP contribution in [-0.2, 0) is 15.6 Å². The summed E-state index contributed by atoms with van der Waals surface area (Å²) in [6.45, 7) is 9.90. The molecule has 1 amide bonds. The number of carbonyl (C=O) groups is 1. The molecule has 0 fully saturated rings. The summed E-state index contributed by atoms with van der Waals surface area (Å²) in [5, 5.41) is 4.31. The zero-order chi connectivity index (χ0) is 18.1. The van der Waals surface area contributed by atoms with Gasteiger partial charge in [-0.25, -0.2) is 13.1 Å². The Morgan fingerprint density at radius 3 is 2.42 bits per heavy atom. The molecule has 0 saturated heterocycles. The SMILES string of the molecule is CC(C)c1cc(C(=O)NS(=O)(=O)c2cccnc2)nn1C(C)(C)C. The molecule has 2 aromatic heterocycles. The van der Waals surface area contributed by atoms with E-state index >= 15 is 0 Å². The standard InChI is InChI=1S/C16H22N4O3S/c1-11(2)14-9-13(18-20(14)16(3,4)5)15(21)19-24(22,23)12-7-6-8-17-10-12/h6-11H,1-5H3,(H,19,21). The van der Waals surface area contributed by atoms with E-state index in [0.29, 0.717) is 0 Å². The van der Waals surface area contributed by atoms with Gasteiger partial charge in [-0.2, -0.15) is 5.10 Å². The topological polar surface area (TPSA) is 93.9 Å². The zero-order valence-corrected chi connectivity index (χ0v) is 15.3. The number of nitrogens with zero attached hydrogens (tertiary/aromatic N) is 3. The molecule has 8 heteroatoms. The fourth-order valence-electron chi connectivity index (χ4n) is 2.19. The number of rotatable bonds is 4. The van der Waals surface area contributed by atoms with Crippen molar-refractivity contribution in [3.63, 3.8) is 0 Å². The molecule has 0 aromatic carbocycles. The van der Waals surface area contributed by atoms with Crippen molar-refractivity contribution in [1.29, 1.82) is 0 Å². The molecule has 7 nitrogen and oxygen atoms in total. The number of sulfonamides is 1. The van der Waals surface area contributed by atoms with Crippen molar-refractivity contribution in [2.75, 3.05) is 0 Å². The van der Waals surface area contributed by atoms with E-state index in [9.17, 15) is 13.2 Å². The highest BCUT2D eigenvalue weighted by atomic mass is 32.2. The van der Waals surface area contributed by atoms with Crippen LogP contribution in [0.4, 0.5) is 0 Å². The molecule has 130 valence electrons. The second kappa shape index (κ2) is 6.35. The summed E-state index contributed by atoms with van der Waals surface area (Å²) in [6, 6.07) is 4.49. The lowest BCUT2D eigenvalue weighted by Crippen LogP contribution is -2.31. The largest absolute Gasteiger partial charge is 0.285 e. The van der Waals surface area contributed by atoms with Crippen LogP contribution in [0.1, 0.15) is 56.7 Å². The molecule has 0 atom stereocenters. The van der Waals surface area contributed by atoms with E-state index in [0.717, 1.165) is 5.69 Å². The molecular formula is C16H22N4O3S. The Morgan fingerprint density at radius 1 is 1.29 bits per heavy atom. The van der Waals surface area contributed by atoms with Crippen LogP contribution in [0.15, 0.2) is 35.5 Å². The number of hydrogen-bond donors (Lipinski definition) is 1. The van der Waals surface area contributed by atoms with Gasteiger partial charge in [-0.15, -0.1) is 0 Å². The van der Waals surface area contributed by atoms with Crippen molar-refractivity contribution < 1.29 is 13.2 Å². The molecule has 0 unspecified atom stereocenters. The zero-order valence-electron chi connectivity index (χ0n) is 14.4. The number of nitrogens with one attached hydrogen (secondary N) is 1. The van der Waals surface area contributed by atoms with Crippen LogP contribution < -0.4 is 4.72 Å². The van der Waals surface area contributed by atoms with Gasteiger partial charge in [0.05, 0.1) is 5.54 Å². The van der Waals surface area contributed by atoms with Gasteiger partial charge in [0.25, 0.3) is 15.9 Å². The molecule has 2 aromatic rings. The Labute approximate surface area is 142 Å². The fourth-order valence-corrected chi connectivity index (χ4v) is 3.12. The molecule has 0 bridgehead atoms. The number of amides is 1. The molecule has 2 rings (SSSR count). The summed E-state index contributed by atoms with van der Waals surface area (Å²) < 4.78 is 28.3. The van der Waals surface area contributed by atoms with Crippen LogP contribution in [0.3, 0.4) is 0 Å². The first-order valence-corrected chi connectivity index (χ1v) is 9.08. The summed E-state index contributed by atoms with van der Waals surface area (Å²) in [7, 11) is -3.98. The van der Waals surface area contributed by atoms with E-state index in [4.69, 9.17) is 0 Å². The average Bonchev–Trinajstić information content (AvgIpc) is 2.93. The van der Waals surface area contributed by atoms with Crippen molar-refractivity contribution in [2.45, 2.75) is 51.0 Å². The predicted octanol–water partition coefficient (Wildman–Crippen LogP) is 2.28. The minimum Gasteiger partial charge on any atom is -0.266 e. The second-order valence-electron chi connectivity index (χ2n) is 6.82. The van der Waals surface area contributed by atoms with E-state index in [1.54, 1.807) is 10.7 Å². The second-order valence-corrected chi connectivity index (χ2v) is 8.50. The van der Waals surface area contributed by atoms with Crippen LogP contribution in [0.25, 0.3) is 0 Å². The molecule has 0 saturated carbocycles. The van der Waals surface area contributed by atoms with Gasteiger partial charge in [0.15, 0.2) is 5.69 Å². The molecule has 1 N–H and O–H groups in total. The van der Waals surface area contributed by atoms with Gasteiger partial charge < -0.3 is 0 Å². The highest BCUT2D eigenvalue weighted by molar-refractivity contribution is 7.90. The maximum atomic E-state index is 12.4. The molecule has 24 heavy (non-hydrogen) atoms. The number of pyridine rings is 1. The Balaban J connectivity index is 2.34. The van der Waals surface area contributed by atoms with Crippen molar-refractivity contribution in [1.82, 2.24) is 19.5 Å². The molecule has 0 aliphatic heterocycles. The van der Waals surface area contributed by atoms with E-state index in [1.165, 1.54) is 24.5 Å². The molecule has 2 heterocycles. The minimum absolute atomic E-state index is 0.0705. The van der Waals surface area contributed by atoms with Crippen LogP contribution in [0, 0.1) is 0 Å². The highest BCUT2D eigenvalue weighted by Gasteiger charge is 2.26. The van der Waals surface area contributed by atoms with Gasteiger partial charge in [0.1, 0.15) is 4.90 Å². The van der Waals surface area contributed by atoms with E-state index in [2.05, 4.69) is 10.1 Å². The van der Waals surface area contributed by atoms with E-state index < -0.39 is 15.9 Å². The Hall–Kier alpha value is -2.22. The first kappa shape index (κ1) is 18.1. The van der Waals surface area contributed by atoms with Crippen LogP contribution in [-0.4, -0.2) is 29.1 Å². The number of carbonyl (C=O) groups excluding carboxylic acids is 1. The normalized spacial score (nSPS) is 12.4. The molecule has 0 aliphatic rings. The fraction of sp³-hybridized carbons (Fsp3) is 0.438. The molecule has 0 aliphatic carbocycles. The van der Waals surface area contributed by atoms with Gasteiger partial charge in [0, 0.05) is 18.1 Å². The lowest BCUT2D eigenvalue weighted by Gasteiger charge is -2.23. The van der Waals surface area contributed by atoms with Crippen LogP contribution in [0.5, 0.6) is 0 Å². The lowest BCUT2D eigenvalue weighted by molar-refractivity contribution is 0.0975. The Morgan fingerprint density at radius 2 is 1.96 bits per heavy atom. The molecular weight excluding hydrogens is 328 g/mol. The maximum absolute atomic E-state index is 12.4. The summed E-state index contributed by atoms with van der Waals surface area (Å²) >= 11 is 0. The summed E-state index contributed by atoms with van der Waals surface area (Å²) in [6.07, 6.45) is 2.64. The van der Waals surface area contributed by atoms with Crippen molar-refractivity contribution in [3.8, 4) is 0 Å². The maximum Gasteiger partial charge on any atom is 0.285 e. The summed E-state index contributed by atoms with van der Waals surface area (Å²) in [5.74, 6) is -0.614. The van der Waals surface area contributed by atoms with Gasteiger partial charge in [-0.3, -0.25) is 14.5 Å². The predicted molar refractivity (Wildman–Crippen MR) is 90.2 cm³/mol. The van der Waals surface area contributed by atoms with Gasteiger partial charge in [0.2, 0.25) is 0 Å². The Bertz CT molecular complexity index is 834. The summed E-state index contributed by atoms with van der Waals surface area (Å²) in [5.41, 5.74) is 0.618. The van der Waals surface area contributed by atoms with Gasteiger partial charge in [-0.05, 0) is 44.9 Å². The highest BCUT2D eigenvalue weighted by Crippen LogP contribution is 2.23. The molecule has 0 spiro atoms. The van der Waals surface area contributed by atoms with E-state index in [1.807, 2.05) is 39.3 Å². The number of hydrogen-bond acceptors (Lipinski definition) is 5. The van der Waals surface area contributed by atoms with Crippen molar-refractivity contribution >= 4 is 15.9 Å². The monoisotopic (exact) mass is 350 g/mol. The van der Waals surface area contributed by atoms with Crippen LogP contribution in [0.2, 0.25) is 0 Å². The third kappa shape index (κ3) is 3.81. The average molecular weight is 350 g/mol. The Kier molecular flexibility index (Phi) is 4.80. The first-order valence-electron chi connectivity index (χ1n) is 7.60.